The third-order valence-electron chi connectivity index (χ3n) is 3.47. The molecule has 1 atom stereocenters. The topological polar surface area (TPSA) is 22.1 Å². The number of benzene rings is 1. The van der Waals surface area contributed by atoms with Gasteiger partial charge in [-0.3, -0.25) is 4.98 Å². The Morgan fingerprint density at radius 2 is 1.74 bits per heavy atom. The lowest BCUT2D eigenvalue weighted by molar-refractivity contribution is 0.414. The van der Waals surface area contributed by atoms with Crippen molar-refractivity contribution in [2.24, 2.45) is 0 Å². The molecule has 0 spiro atoms. The summed E-state index contributed by atoms with van der Waals surface area (Å²) in [6, 6.07) is 12.6. The zero-order valence-electron chi connectivity index (χ0n) is 11.9. The highest BCUT2D eigenvalue weighted by atomic mass is 16.5. The summed E-state index contributed by atoms with van der Waals surface area (Å²) in [5, 5.41) is 0. The van der Waals surface area contributed by atoms with Crippen LogP contribution in [0.5, 0.6) is 5.75 Å². The fourth-order valence-electron chi connectivity index (χ4n) is 2.18. The second-order valence-electron chi connectivity index (χ2n) is 4.83. The molecule has 1 aromatic heterocycles. The molecule has 0 fully saturated rings. The summed E-state index contributed by atoms with van der Waals surface area (Å²) >= 11 is 0. The average molecular weight is 255 g/mol. The molecule has 2 aromatic rings. The van der Waals surface area contributed by atoms with Gasteiger partial charge in [-0.25, -0.2) is 0 Å². The first-order valence-electron chi connectivity index (χ1n) is 6.83. The number of aromatic nitrogens is 1. The maximum atomic E-state index is 5.18. The minimum absolute atomic E-state index is 0.356. The molecule has 0 aliphatic rings. The summed E-state index contributed by atoms with van der Waals surface area (Å²) in [6.07, 6.45) is 4.19. The van der Waals surface area contributed by atoms with Gasteiger partial charge in [0.1, 0.15) is 5.75 Å². The summed E-state index contributed by atoms with van der Waals surface area (Å²) in [6.45, 7) is 4.38. The van der Waals surface area contributed by atoms with E-state index in [0.29, 0.717) is 5.92 Å². The largest absolute Gasteiger partial charge is 0.497 e. The van der Waals surface area contributed by atoms with Crippen LogP contribution in [0.2, 0.25) is 0 Å². The lowest BCUT2D eigenvalue weighted by Gasteiger charge is -2.13. The van der Waals surface area contributed by atoms with Gasteiger partial charge in [0.05, 0.1) is 7.11 Å². The molecule has 100 valence electrons. The quantitative estimate of drug-likeness (QED) is 0.799. The Balaban J connectivity index is 2.15. The highest BCUT2D eigenvalue weighted by molar-refractivity contribution is 5.34. The first-order chi connectivity index (χ1) is 9.24. The Morgan fingerprint density at radius 3 is 2.26 bits per heavy atom. The van der Waals surface area contributed by atoms with Crippen LogP contribution in [0.4, 0.5) is 0 Å². The lowest BCUT2D eigenvalue weighted by atomic mass is 9.94. The van der Waals surface area contributed by atoms with E-state index in [1.54, 1.807) is 7.11 Å². The van der Waals surface area contributed by atoms with Crippen LogP contribution in [0.25, 0.3) is 0 Å². The molecule has 0 saturated carbocycles. The number of ether oxygens (including phenoxy) is 1. The standard InChI is InChI=1S/C17H21NO/c1-4-5-16-9-6-15(12-18-16)13(2)14-7-10-17(19-3)11-8-14/h6-13H,4-5H2,1-3H3. The molecule has 2 rings (SSSR count). The minimum atomic E-state index is 0.356. The van der Waals surface area contributed by atoms with Crippen LogP contribution >= 0.6 is 0 Å². The molecule has 1 aromatic carbocycles. The van der Waals surface area contributed by atoms with Crippen LogP contribution in [0.15, 0.2) is 42.6 Å². The minimum Gasteiger partial charge on any atom is -0.497 e. The van der Waals surface area contributed by atoms with E-state index >= 15 is 0 Å². The number of methoxy groups -OCH3 is 1. The van der Waals surface area contributed by atoms with Gasteiger partial charge in [0.25, 0.3) is 0 Å². The molecule has 1 heterocycles. The van der Waals surface area contributed by atoms with Gasteiger partial charge < -0.3 is 4.74 Å². The van der Waals surface area contributed by atoms with E-state index in [-0.39, 0.29) is 0 Å². The van der Waals surface area contributed by atoms with Gasteiger partial charge in [0.2, 0.25) is 0 Å². The molecular formula is C17H21NO. The number of rotatable bonds is 5. The number of nitrogens with zero attached hydrogens (tertiary/aromatic N) is 1. The van der Waals surface area contributed by atoms with Crippen LogP contribution in [-0.4, -0.2) is 12.1 Å². The van der Waals surface area contributed by atoms with Crippen molar-refractivity contribution < 1.29 is 4.74 Å². The van der Waals surface area contributed by atoms with Crippen molar-refractivity contribution in [1.29, 1.82) is 0 Å². The van der Waals surface area contributed by atoms with Gasteiger partial charge >= 0.3 is 0 Å². The summed E-state index contributed by atoms with van der Waals surface area (Å²) in [5.74, 6) is 1.25. The van der Waals surface area contributed by atoms with Crippen molar-refractivity contribution in [3.8, 4) is 5.75 Å². The SMILES string of the molecule is CCCc1ccc(C(C)c2ccc(OC)cc2)cn1. The predicted molar refractivity (Wildman–Crippen MR) is 78.7 cm³/mol. The van der Waals surface area contributed by atoms with Gasteiger partial charge in [-0.15, -0.1) is 0 Å². The van der Waals surface area contributed by atoms with Crippen LogP contribution in [-0.2, 0) is 6.42 Å². The van der Waals surface area contributed by atoms with E-state index in [9.17, 15) is 0 Å². The summed E-state index contributed by atoms with van der Waals surface area (Å²) < 4.78 is 5.18. The zero-order valence-corrected chi connectivity index (χ0v) is 11.9. The maximum Gasteiger partial charge on any atom is 0.118 e. The lowest BCUT2D eigenvalue weighted by Crippen LogP contribution is -1.98. The van der Waals surface area contributed by atoms with Gasteiger partial charge in [-0.1, -0.05) is 38.5 Å². The number of hydrogen-bond acceptors (Lipinski definition) is 2. The molecule has 0 radical (unpaired) electrons. The first kappa shape index (κ1) is 13.6. The molecule has 2 nitrogen and oxygen atoms in total. The maximum absolute atomic E-state index is 5.18. The van der Waals surface area contributed by atoms with E-state index in [1.165, 1.54) is 16.8 Å². The second kappa shape index (κ2) is 6.37. The Kier molecular flexibility index (Phi) is 4.56. The van der Waals surface area contributed by atoms with E-state index in [0.717, 1.165) is 18.6 Å². The molecule has 0 aliphatic heterocycles. The van der Waals surface area contributed by atoms with E-state index in [1.807, 2.05) is 18.3 Å². The van der Waals surface area contributed by atoms with E-state index < -0.39 is 0 Å². The summed E-state index contributed by atoms with van der Waals surface area (Å²) in [4.78, 5) is 4.52. The molecule has 19 heavy (non-hydrogen) atoms. The molecule has 0 amide bonds. The van der Waals surface area contributed by atoms with Crippen molar-refractivity contribution in [3.63, 3.8) is 0 Å². The third-order valence-corrected chi connectivity index (χ3v) is 3.47. The molecule has 1 unspecified atom stereocenters. The number of aryl methyl sites for hydroxylation is 1. The highest BCUT2D eigenvalue weighted by Gasteiger charge is 2.09. The van der Waals surface area contributed by atoms with Crippen molar-refractivity contribution in [3.05, 3.63) is 59.4 Å². The molecule has 0 aliphatic carbocycles. The second-order valence-corrected chi connectivity index (χ2v) is 4.83. The highest BCUT2D eigenvalue weighted by Crippen LogP contribution is 2.25. The average Bonchev–Trinajstić information content (AvgIpc) is 2.48. The van der Waals surface area contributed by atoms with Gasteiger partial charge in [0.15, 0.2) is 0 Å². The van der Waals surface area contributed by atoms with Gasteiger partial charge in [0, 0.05) is 17.8 Å². The fraction of sp³-hybridized carbons (Fsp3) is 0.353. The van der Waals surface area contributed by atoms with Crippen molar-refractivity contribution in [1.82, 2.24) is 4.98 Å². The molecular weight excluding hydrogens is 234 g/mol. The monoisotopic (exact) mass is 255 g/mol. The van der Waals surface area contributed by atoms with E-state index in [2.05, 4.69) is 43.1 Å². The van der Waals surface area contributed by atoms with Crippen molar-refractivity contribution >= 4 is 0 Å². The first-order valence-corrected chi connectivity index (χ1v) is 6.83. The normalized spacial score (nSPS) is 12.2. The van der Waals surface area contributed by atoms with Crippen LogP contribution in [0.3, 0.4) is 0 Å². The Hall–Kier alpha value is -1.83. The number of hydrogen-bond donors (Lipinski definition) is 0. The molecule has 0 N–H and O–H groups in total. The zero-order chi connectivity index (χ0) is 13.7. The van der Waals surface area contributed by atoms with Crippen LogP contribution in [0, 0.1) is 0 Å². The Bertz CT molecular complexity index is 502. The third kappa shape index (κ3) is 3.34. The van der Waals surface area contributed by atoms with Gasteiger partial charge in [-0.2, -0.15) is 0 Å². The number of pyridine rings is 1. The Labute approximate surface area is 115 Å². The van der Waals surface area contributed by atoms with Gasteiger partial charge in [-0.05, 0) is 35.7 Å². The smallest absolute Gasteiger partial charge is 0.118 e. The molecule has 0 saturated heterocycles. The molecule has 0 bridgehead atoms. The van der Waals surface area contributed by atoms with Crippen molar-refractivity contribution in [2.45, 2.75) is 32.6 Å². The van der Waals surface area contributed by atoms with Crippen molar-refractivity contribution in [2.75, 3.05) is 7.11 Å². The van der Waals surface area contributed by atoms with Crippen LogP contribution in [0.1, 0.15) is 43.0 Å². The predicted octanol–water partition coefficient (Wildman–Crippen LogP) is 4.19. The summed E-state index contributed by atoms with van der Waals surface area (Å²) in [5.41, 5.74) is 3.71. The Morgan fingerprint density at radius 1 is 1.05 bits per heavy atom. The van der Waals surface area contributed by atoms with E-state index in [4.69, 9.17) is 4.74 Å². The fourth-order valence-corrected chi connectivity index (χ4v) is 2.18. The van der Waals surface area contributed by atoms with Crippen LogP contribution < -0.4 is 4.74 Å². The summed E-state index contributed by atoms with van der Waals surface area (Å²) in [7, 11) is 1.69. The molecule has 2 heteroatoms.